The fourth-order valence-corrected chi connectivity index (χ4v) is 0. The summed E-state index contributed by atoms with van der Waals surface area (Å²) in [5.41, 5.74) is 0. The molecule has 0 aliphatic heterocycles. The lowest BCUT2D eigenvalue weighted by Gasteiger charge is -1.02. The largest absolute Gasteiger partial charge is 0.114 e. The second kappa shape index (κ2) is 49.3. The molecular formula is CH6BBr3. The summed E-state index contributed by atoms with van der Waals surface area (Å²) < 4.78 is 0. The first-order valence-corrected chi connectivity index (χ1v) is 0.577. The average molecular weight is 269 g/mol. The maximum absolute atomic E-state index is 4.50. The fraction of sp³-hybridized carbons (Fsp3) is 1.00. The van der Waals surface area contributed by atoms with E-state index in [0.717, 1.165) is 0 Å². The molecule has 0 aliphatic rings. The molecular weight excluding hydrogens is 263 g/mol. The molecule has 0 bridgehead atoms. The summed E-state index contributed by atoms with van der Waals surface area (Å²) in [4.78, 5) is 0. The van der Waals surface area contributed by atoms with Crippen LogP contribution in [0.15, 0.2) is 0 Å². The maximum atomic E-state index is 4.50. The van der Waals surface area contributed by atoms with Crippen LogP contribution in [0, 0.1) is 0 Å². The number of hydrogen-bond acceptors (Lipinski definition) is 0. The van der Waals surface area contributed by atoms with Crippen LogP contribution in [0.3, 0.4) is 0 Å². The lowest BCUT2D eigenvalue weighted by molar-refractivity contribution is 2.40. The minimum absolute atomic E-state index is 0. The molecule has 0 saturated carbocycles. The monoisotopic (exact) mass is 266 g/mol. The Morgan fingerprint density at radius 2 is 0.800 bits per heavy atom. The second-order valence-electron chi connectivity index (χ2n) is 0. The van der Waals surface area contributed by atoms with Crippen molar-refractivity contribution >= 4 is 58.8 Å². The average Bonchev–Trinajstić information content (AvgIpc) is 1.00. The number of hydrogen-bond donors (Lipinski definition) is 0. The van der Waals surface area contributed by atoms with E-state index >= 15 is 0 Å². The zero-order valence-electron chi connectivity index (χ0n) is 2.80. The van der Waals surface area contributed by atoms with E-state index in [2.05, 4.69) is 7.85 Å². The van der Waals surface area contributed by atoms with Crippen LogP contribution >= 0.6 is 50.9 Å². The summed E-state index contributed by atoms with van der Waals surface area (Å²) in [6, 6.07) is 0. The van der Waals surface area contributed by atoms with Crippen molar-refractivity contribution in [2.24, 2.45) is 0 Å². The van der Waals surface area contributed by atoms with Crippen LogP contribution in [0.25, 0.3) is 0 Å². The van der Waals surface area contributed by atoms with Crippen molar-refractivity contribution in [1.82, 2.24) is 0 Å². The molecule has 0 N–H and O–H groups in total. The first-order chi connectivity index (χ1) is 1.00. The minimum atomic E-state index is 0. The van der Waals surface area contributed by atoms with E-state index in [9.17, 15) is 0 Å². The number of halogens is 3. The van der Waals surface area contributed by atoms with Crippen molar-refractivity contribution in [3.05, 3.63) is 0 Å². The SMILES string of the molecule is Br.Br.Br.[B]C. The van der Waals surface area contributed by atoms with E-state index in [4.69, 9.17) is 0 Å². The van der Waals surface area contributed by atoms with Gasteiger partial charge in [0.1, 0.15) is 0 Å². The van der Waals surface area contributed by atoms with E-state index in [1.54, 1.807) is 0 Å². The highest BCUT2D eigenvalue weighted by atomic mass is 79.9. The molecule has 0 aromatic carbocycles. The summed E-state index contributed by atoms with van der Waals surface area (Å²) in [5, 5.41) is 0. The molecule has 4 heteroatoms. The summed E-state index contributed by atoms with van der Waals surface area (Å²) in [6.07, 6.45) is 0. The minimum Gasteiger partial charge on any atom is -0.114 e. The van der Waals surface area contributed by atoms with Gasteiger partial charge >= 0.3 is 0 Å². The van der Waals surface area contributed by atoms with Gasteiger partial charge in [-0.2, -0.15) is 0 Å². The summed E-state index contributed by atoms with van der Waals surface area (Å²) >= 11 is 0. The Kier molecular flexibility index (Phi) is 310. The standard InChI is InChI=1S/CH3B.3BrH/c1-2;;;/h1H3;3*1H. The topological polar surface area (TPSA) is 0 Å². The highest BCUT2D eigenvalue weighted by Gasteiger charge is 0.984. The Balaban J connectivity index is -0.00000000167. The van der Waals surface area contributed by atoms with Crippen molar-refractivity contribution in [2.75, 3.05) is 0 Å². The van der Waals surface area contributed by atoms with E-state index in [-0.39, 0.29) is 50.9 Å². The first kappa shape index (κ1) is 31.4. The van der Waals surface area contributed by atoms with Gasteiger partial charge in [0, 0.05) is 0 Å². The molecule has 0 saturated heterocycles. The Bertz CT molecular complexity index is 6.85. The van der Waals surface area contributed by atoms with Gasteiger partial charge in [-0.25, -0.2) is 0 Å². The molecule has 0 unspecified atom stereocenters. The third-order valence-corrected chi connectivity index (χ3v) is 0. The van der Waals surface area contributed by atoms with Crippen molar-refractivity contribution < 1.29 is 0 Å². The Morgan fingerprint density at radius 3 is 0.800 bits per heavy atom. The van der Waals surface area contributed by atoms with Gasteiger partial charge in [0.2, 0.25) is 0 Å². The smallest absolute Gasteiger partial charge is 0.0606 e. The maximum Gasteiger partial charge on any atom is 0.0606 e. The molecule has 0 aliphatic carbocycles. The van der Waals surface area contributed by atoms with Gasteiger partial charge in [-0.05, 0) is 0 Å². The van der Waals surface area contributed by atoms with Crippen LogP contribution in [0.2, 0.25) is 6.82 Å². The van der Waals surface area contributed by atoms with Crippen LogP contribution in [0.1, 0.15) is 0 Å². The Morgan fingerprint density at radius 1 is 0.800 bits per heavy atom. The summed E-state index contributed by atoms with van der Waals surface area (Å²) in [5.74, 6) is 0. The molecule has 0 aromatic rings. The molecule has 5 heavy (non-hydrogen) atoms. The van der Waals surface area contributed by atoms with Gasteiger partial charge in [0.15, 0.2) is 0 Å². The quantitative estimate of drug-likeness (QED) is 0.589. The first-order valence-electron chi connectivity index (χ1n) is 0.577. The molecule has 2 radical (unpaired) electrons. The van der Waals surface area contributed by atoms with Gasteiger partial charge in [-0.1, -0.05) is 6.82 Å². The second-order valence-corrected chi connectivity index (χ2v) is 0. The van der Waals surface area contributed by atoms with E-state index in [0.29, 0.717) is 0 Å². The highest BCUT2D eigenvalue weighted by Crippen LogP contribution is 0.960. The van der Waals surface area contributed by atoms with Gasteiger partial charge in [-0.3, -0.25) is 0 Å². The predicted octanol–water partition coefficient (Wildman–Crippen LogP) is 1.94. The van der Waals surface area contributed by atoms with Crippen LogP contribution in [0.4, 0.5) is 0 Å². The zero-order valence-corrected chi connectivity index (χ0v) is 7.94. The van der Waals surface area contributed by atoms with Gasteiger partial charge in [0.25, 0.3) is 0 Å². The molecule has 34 valence electrons. The lowest BCUT2D eigenvalue weighted by atomic mass is 10.2. The zero-order chi connectivity index (χ0) is 2.00. The van der Waals surface area contributed by atoms with Crippen molar-refractivity contribution in [3.63, 3.8) is 0 Å². The Labute approximate surface area is 65.4 Å². The molecule has 0 aromatic heterocycles. The van der Waals surface area contributed by atoms with Gasteiger partial charge in [0.05, 0.1) is 7.85 Å². The van der Waals surface area contributed by atoms with Gasteiger partial charge in [-0.15, -0.1) is 50.9 Å². The molecule has 0 fully saturated rings. The van der Waals surface area contributed by atoms with Crippen molar-refractivity contribution in [1.29, 1.82) is 0 Å². The van der Waals surface area contributed by atoms with Crippen LogP contribution in [-0.4, -0.2) is 7.85 Å². The molecule has 0 nitrogen and oxygen atoms in total. The molecule has 0 spiro atoms. The van der Waals surface area contributed by atoms with Crippen LogP contribution in [0.5, 0.6) is 0 Å². The van der Waals surface area contributed by atoms with Crippen LogP contribution in [-0.2, 0) is 0 Å². The third-order valence-electron chi connectivity index (χ3n) is 0. The van der Waals surface area contributed by atoms with E-state index in [1.165, 1.54) is 6.82 Å². The molecule has 0 atom stereocenters. The van der Waals surface area contributed by atoms with Gasteiger partial charge < -0.3 is 0 Å². The number of rotatable bonds is 0. The third kappa shape index (κ3) is 29.9. The van der Waals surface area contributed by atoms with E-state index < -0.39 is 0 Å². The Hall–Kier alpha value is 1.50. The lowest BCUT2D eigenvalue weighted by Crippen LogP contribution is -1.13. The normalized spacial score (nSPS) is 1.00. The molecule has 0 heterocycles. The van der Waals surface area contributed by atoms with Crippen LogP contribution < -0.4 is 0 Å². The van der Waals surface area contributed by atoms with E-state index in [1.807, 2.05) is 0 Å². The van der Waals surface area contributed by atoms with Crippen molar-refractivity contribution in [3.8, 4) is 0 Å². The summed E-state index contributed by atoms with van der Waals surface area (Å²) in [7, 11) is 4.50. The van der Waals surface area contributed by atoms with Crippen molar-refractivity contribution in [2.45, 2.75) is 6.82 Å². The fourth-order valence-electron chi connectivity index (χ4n) is 0. The predicted molar refractivity (Wildman–Crippen MR) is 42.6 cm³/mol. The summed E-state index contributed by atoms with van der Waals surface area (Å²) in [6.45, 7) is 1.50. The highest BCUT2D eigenvalue weighted by molar-refractivity contribution is 8.93. The molecule has 0 rings (SSSR count). The molecule has 0 amide bonds.